The van der Waals surface area contributed by atoms with Gasteiger partial charge in [-0.05, 0) is 13.8 Å². The fourth-order valence-corrected chi connectivity index (χ4v) is 3.74. The Morgan fingerprint density at radius 3 is 2.24 bits per heavy atom. The summed E-state index contributed by atoms with van der Waals surface area (Å²) in [6, 6.07) is 6.30. The van der Waals surface area contributed by atoms with Crippen LogP contribution in [0.1, 0.15) is 34.6 Å². The van der Waals surface area contributed by atoms with Crippen LogP contribution in [0.2, 0.25) is 0 Å². The number of rotatable bonds is 4. The molecule has 0 aromatic heterocycles. The largest absolute Gasteiger partial charge is 0.465 e. The molecule has 0 saturated heterocycles. The van der Waals surface area contributed by atoms with E-state index in [4.69, 9.17) is 16.3 Å². The summed E-state index contributed by atoms with van der Waals surface area (Å²) in [4.78, 5) is 52.8. The molecule has 6 nitrogen and oxygen atoms in total. The van der Waals surface area contributed by atoms with E-state index < -0.39 is 34.7 Å². The van der Waals surface area contributed by atoms with Crippen molar-refractivity contribution in [2.75, 3.05) is 19.0 Å². The highest BCUT2D eigenvalue weighted by Gasteiger charge is 2.63. The first-order chi connectivity index (χ1) is 11.9. The van der Waals surface area contributed by atoms with Crippen molar-refractivity contribution in [3.8, 4) is 0 Å². The van der Waals surface area contributed by atoms with Crippen molar-refractivity contribution in [3.05, 3.63) is 46.7 Å². The molecule has 0 radical (unpaired) electrons. The fraction of sp³-hybridized carbons (Fsp3) is 0.333. The quantitative estimate of drug-likeness (QED) is 0.465. The van der Waals surface area contributed by atoms with E-state index in [0.717, 1.165) is 4.90 Å². The first-order valence-electron chi connectivity index (χ1n) is 7.94. The minimum Gasteiger partial charge on any atom is -0.465 e. The van der Waals surface area contributed by atoms with Crippen LogP contribution in [-0.2, 0) is 14.3 Å². The van der Waals surface area contributed by atoms with E-state index in [-0.39, 0.29) is 35.5 Å². The van der Waals surface area contributed by atoms with E-state index >= 15 is 0 Å². The number of alkyl halides is 1. The third-order valence-electron chi connectivity index (χ3n) is 4.54. The molecule has 3 rings (SSSR count). The average molecular weight is 362 g/mol. The zero-order valence-electron chi connectivity index (χ0n) is 13.8. The van der Waals surface area contributed by atoms with Crippen LogP contribution in [0.4, 0.5) is 0 Å². The summed E-state index contributed by atoms with van der Waals surface area (Å²) in [5.41, 5.74) is -1.84. The lowest BCUT2D eigenvalue weighted by molar-refractivity contribution is -0.158. The van der Waals surface area contributed by atoms with Gasteiger partial charge in [-0.15, -0.1) is 11.6 Å². The Morgan fingerprint density at radius 2 is 1.72 bits per heavy atom. The zero-order chi connectivity index (χ0) is 18.4. The number of carbonyl (C=O) groups is 4. The number of carbonyl (C=O) groups excluding carboxylic acids is 4. The number of benzene rings is 1. The van der Waals surface area contributed by atoms with E-state index in [1.165, 1.54) is 12.1 Å². The van der Waals surface area contributed by atoms with Gasteiger partial charge in [0.25, 0.3) is 5.91 Å². The Labute approximate surface area is 149 Å². The number of hydrogen-bond donors (Lipinski definition) is 0. The number of nitrogens with zero attached hydrogens (tertiary/aromatic N) is 1. The lowest BCUT2D eigenvalue weighted by atomic mass is 9.75. The SMILES string of the molecule is CCOC(=O)C1(CCl)C(=O)N(CC)C2=C1C(=O)c1ccccc1C2=O. The second kappa shape index (κ2) is 6.11. The van der Waals surface area contributed by atoms with Gasteiger partial charge in [-0.1, -0.05) is 24.3 Å². The van der Waals surface area contributed by atoms with E-state index in [0.29, 0.717) is 0 Å². The summed E-state index contributed by atoms with van der Waals surface area (Å²) in [7, 11) is 0. The van der Waals surface area contributed by atoms with Gasteiger partial charge in [0.2, 0.25) is 5.78 Å². The number of ether oxygens (including phenoxy) is 1. The number of likely N-dealkylation sites (N-methyl/N-ethyl adjacent to an activating group) is 1. The fourth-order valence-electron chi connectivity index (χ4n) is 3.38. The Balaban J connectivity index is 2.31. The lowest BCUT2D eigenvalue weighted by Gasteiger charge is -2.26. The molecule has 1 aromatic carbocycles. The maximum Gasteiger partial charge on any atom is 0.327 e. The molecule has 0 fully saturated rings. The predicted octanol–water partition coefficient (Wildman–Crippen LogP) is 1.97. The summed E-state index contributed by atoms with van der Waals surface area (Å²) in [6.07, 6.45) is 0. The minimum absolute atomic E-state index is 0.0260. The van der Waals surface area contributed by atoms with Crippen LogP contribution in [0.25, 0.3) is 0 Å². The molecule has 1 aromatic rings. The standard InChI is InChI=1S/C18H16ClNO5/c1-3-20-13-12(18(9-19,16(20)23)17(24)25-4-2)14(21)10-7-5-6-8-11(10)15(13)22/h5-8H,3-4,9H2,1-2H3. The number of ketones is 2. The number of hydrogen-bond acceptors (Lipinski definition) is 5. The highest BCUT2D eigenvalue weighted by molar-refractivity contribution is 6.36. The highest BCUT2D eigenvalue weighted by Crippen LogP contribution is 2.47. The van der Waals surface area contributed by atoms with E-state index in [9.17, 15) is 19.2 Å². The number of esters is 1. The maximum atomic E-state index is 13.1. The van der Waals surface area contributed by atoms with Crippen molar-refractivity contribution >= 4 is 35.0 Å². The molecule has 1 unspecified atom stereocenters. The van der Waals surface area contributed by atoms with Crippen LogP contribution in [0.5, 0.6) is 0 Å². The smallest absolute Gasteiger partial charge is 0.327 e. The zero-order valence-corrected chi connectivity index (χ0v) is 14.6. The number of allylic oxidation sites excluding steroid dienone is 1. The normalized spacial score (nSPS) is 22.2. The Kier molecular flexibility index (Phi) is 4.24. The van der Waals surface area contributed by atoms with Crippen molar-refractivity contribution in [1.29, 1.82) is 0 Å². The molecule has 2 aliphatic rings. The van der Waals surface area contributed by atoms with Crippen LogP contribution >= 0.6 is 11.6 Å². The molecule has 1 amide bonds. The maximum absolute atomic E-state index is 13.1. The number of fused-ring (bicyclic) bond motifs is 1. The molecule has 0 N–H and O–H groups in total. The van der Waals surface area contributed by atoms with Gasteiger partial charge in [0.15, 0.2) is 11.2 Å². The van der Waals surface area contributed by atoms with Crippen molar-refractivity contribution in [1.82, 2.24) is 4.90 Å². The van der Waals surface area contributed by atoms with Crippen LogP contribution in [0.3, 0.4) is 0 Å². The summed E-state index contributed by atoms with van der Waals surface area (Å²) in [6.45, 7) is 3.42. The first-order valence-corrected chi connectivity index (χ1v) is 8.47. The van der Waals surface area contributed by atoms with Gasteiger partial charge in [0.05, 0.1) is 18.1 Å². The third-order valence-corrected chi connectivity index (χ3v) is 4.94. The molecule has 1 aliphatic carbocycles. The highest BCUT2D eigenvalue weighted by atomic mass is 35.5. The molecule has 0 saturated carbocycles. The van der Waals surface area contributed by atoms with Gasteiger partial charge in [-0.3, -0.25) is 19.2 Å². The predicted molar refractivity (Wildman–Crippen MR) is 89.3 cm³/mol. The van der Waals surface area contributed by atoms with Crippen LogP contribution < -0.4 is 0 Å². The van der Waals surface area contributed by atoms with E-state index in [1.807, 2.05) is 0 Å². The van der Waals surface area contributed by atoms with Gasteiger partial charge in [0.1, 0.15) is 5.70 Å². The van der Waals surface area contributed by atoms with Crippen LogP contribution in [-0.4, -0.2) is 47.4 Å². The van der Waals surface area contributed by atoms with Crippen molar-refractivity contribution in [3.63, 3.8) is 0 Å². The summed E-state index contributed by atoms with van der Waals surface area (Å²) < 4.78 is 5.04. The second-order valence-electron chi connectivity index (χ2n) is 5.74. The number of amides is 1. The lowest BCUT2D eigenvalue weighted by Crippen LogP contribution is -2.47. The summed E-state index contributed by atoms with van der Waals surface area (Å²) in [5, 5.41) is 0. The number of Topliss-reactive ketones (excluding diaryl/α,β-unsaturated/α-hetero) is 2. The third kappa shape index (κ3) is 2.10. The molecule has 1 atom stereocenters. The van der Waals surface area contributed by atoms with Gasteiger partial charge < -0.3 is 9.64 Å². The first kappa shape index (κ1) is 17.4. The molecule has 0 bridgehead atoms. The Morgan fingerprint density at radius 1 is 1.12 bits per heavy atom. The van der Waals surface area contributed by atoms with Gasteiger partial charge in [0, 0.05) is 17.7 Å². The molecule has 1 heterocycles. The monoisotopic (exact) mass is 361 g/mol. The van der Waals surface area contributed by atoms with E-state index in [2.05, 4.69) is 0 Å². The van der Waals surface area contributed by atoms with Gasteiger partial charge >= 0.3 is 5.97 Å². The average Bonchev–Trinajstić information content (AvgIpc) is 2.89. The van der Waals surface area contributed by atoms with Crippen LogP contribution in [0.15, 0.2) is 35.5 Å². The topological polar surface area (TPSA) is 80.8 Å². The summed E-state index contributed by atoms with van der Waals surface area (Å²) in [5.74, 6) is -3.07. The number of halogens is 1. The molecule has 7 heteroatoms. The second-order valence-corrected chi connectivity index (χ2v) is 6.00. The Bertz CT molecular complexity index is 844. The van der Waals surface area contributed by atoms with Crippen LogP contribution in [0, 0.1) is 5.41 Å². The van der Waals surface area contributed by atoms with Crippen molar-refractivity contribution in [2.24, 2.45) is 5.41 Å². The van der Waals surface area contributed by atoms with Gasteiger partial charge in [-0.2, -0.15) is 0 Å². The minimum atomic E-state index is -1.98. The molecule has 130 valence electrons. The van der Waals surface area contributed by atoms with Crippen molar-refractivity contribution < 1.29 is 23.9 Å². The van der Waals surface area contributed by atoms with Crippen molar-refractivity contribution in [2.45, 2.75) is 13.8 Å². The molecule has 25 heavy (non-hydrogen) atoms. The molecular formula is C18H16ClNO5. The molecule has 1 aliphatic heterocycles. The Hall–Kier alpha value is -2.47. The molecular weight excluding hydrogens is 346 g/mol. The van der Waals surface area contributed by atoms with Gasteiger partial charge in [-0.25, -0.2) is 0 Å². The van der Waals surface area contributed by atoms with E-state index in [1.54, 1.807) is 26.0 Å². The summed E-state index contributed by atoms with van der Waals surface area (Å²) >= 11 is 6.03. The molecule has 0 spiro atoms.